The number of carbonyl (C=O) groups is 3. The number of aryl methyl sites for hydroxylation is 1. The monoisotopic (exact) mass is 301 g/mol. The van der Waals surface area contributed by atoms with Gasteiger partial charge in [0.05, 0.1) is 6.61 Å². The van der Waals surface area contributed by atoms with Gasteiger partial charge in [0.25, 0.3) is 6.47 Å². The van der Waals surface area contributed by atoms with Crippen LogP contribution >= 0.6 is 0 Å². The molecule has 0 aliphatic heterocycles. The van der Waals surface area contributed by atoms with E-state index in [1.54, 1.807) is 23.9 Å². The summed E-state index contributed by atoms with van der Waals surface area (Å²) in [5, 5.41) is 15.6. The van der Waals surface area contributed by atoms with Crippen molar-refractivity contribution >= 4 is 18.3 Å². The minimum atomic E-state index is -1.04. The summed E-state index contributed by atoms with van der Waals surface area (Å²) in [5.74, 6) is -0.595. The first kappa shape index (κ1) is 18.6. The summed E-state index contributed by atoms with van der Waals surface area (Å²) in [6.07, 6.45) is 3.28. The molecule has 0 aromatic carbocycles. The lowest BCUT2D eigenvalue weighted by Gasteiger charge is -2.20. The fraction of sp³-hybridized carbons (Fsp3) is 0.500. The van der Waals surface area contributed by atoms with Crippen molar-refractivity contribution in [3.05, 3.63) is 18.2 Å². The molecule has 0 spiro atoms. The molecule has 0 fully saturated rings. The molecule has 1 aromatic heterocycles. The molecule has 0 aliphatic rings. The van der Waals surface area contributed by atoms with E-state index in [-0.39, 0.29) is 32.0 Å². The second-order valence-corrected chi connectivity index (χ2v) is 3.91. The zero-order valence-electron chi connectivity index (χ0n) is 11.9. The molecule has 0 radical (unpaired) electrons. The molecule has 1 heterocycles. The fourth-order valence-electron chi connectivity index (χ4n) is 1.47. The van der Waals surface area contributed by atoms with Crippen LogP contribution in [0.1, 0.15) is 5.82 Å². The smallest absolute Gasteiger partial charge is 0.323 e. The molecular formula is C12H19N3O6. The van der Waals surface area contributed by atoms with Gasteiger partial charge in [0.15, 0.2) is 0 Å². The van der Waals surface area contributed by atoms with Crippen LogP contribution in [-0.2, 0) is 25.7 Å². The van der Waals surface area contributed by atoms with E-state index < -0.39 is 5.97 Å². The first-order valence-corrected chi connectivity index (χ1v) is 6.00. The second-order valence-electron chi connectivity index (χ2n) is 3.91. The van der Waals surface area contributed by atoms with Crippen LogP contribution in [-0.4, -0.2) is 69.8 Å². The van der Waals surface area contributed by atoms with Crippen LogP contribution < -0.4 is 0 Å². The molecule has 9 heteroatoms. The second kappa shape index (κ2) is 10.4. The summed E-state index contributed by atoms with van der Waals surface area (Å²) in [6.45, 7) is 1.86. The first-order valence-electron chi connectivity index (χ1n) is 6.00. The lowest BCUT2D eigenvalue weighted by molar-refractivity contribution is -0.145. The van der Waals surface area contributed by atoms with Crippen LogP contribution in [0.25, 0.3) is 0 Å². The lowest BCUT2D eigenvalue weighted by atomic mass is 10.4. The molecule has 118 valence electrons. The molecule has 0 saturated carbocycles. The molecule has 0 unspecified atom stereocenters. The van der Waals surface area contributed by atoms with E-state index >= 15 is 0 Å². The van der Waals surface area contributed by atoms with Gasteiger partial charge in [0.1, 0.15) is 18.9 Å². The average molecular weight is 301 g/mol. The Bertz CT molecular complexity index is 460. The number of hydrogen-bond acceptors (Lipinski definition) is 5. The number of carbonyl (C=O) groups excluding carboxylic acids is 1. The Hall–Kier alpha value is -2.42. The van der Waals surface area contributed by atoms with Gasteiger partial charge in [-0.1, -0.05) is 0 Å². The third-order valence-electron chi connectivity index (χ3n) is 2.47. The summed E-state index contributed by atoms with van der Waals surface area (Å²) in [6, 6.07) is 0. The molecular weight excluding hydrogens is 282 g/mol. The summed E-state index contributed by atoms with van der Waals surface area (Å²) in [4.78, 5) is 36.3. The van der Waals surface area contributed by atoms with Crippen LogP contribution in [0, 0.1) is 6.92 Å². The molecule has 21 heavy (non-hydrogen) atoms. The van der Waals surface area contributed by atoms with Crippen LogP contribution in [0.5, 0.6) is 0 Å². The Kier molecular flexibility index (Phi) is 9.18. The highest BCUT2D eigenvalue weighted by molar-refractivity contribution is 5.81. The average Bonchev–Trinajstić information content (AvgIpc) is 2.80. The summed E-state index contributed by atoms with van der Waals surface area (Å²) in [7, 11) is 1.50. The number of imidazole rings is 1. The first-order chi connectivity index (χ1) is 9.96. The summed E-state index contributed by atoms with van der Waals surface area (Å²) >= 11 is 0. The van der Waals surface area contributed by atoms with Gasteiger partial charge in [-0.2, -0.15) is 0 Å². The summed E-state index contributed by atoms with van der Waals surface area (Å²) < 4.78 is 6.53. The normalized spacial score (nSPS) is 9.43. The number of methoxy groups -OCH3 is 1. The SMILES string of the molecule is COCCN(CC(=O)O)C(=O)Cn1ccnc1C.O=CO. The van der Waals surface area contributed by atoms with Crippen molar-refractivity contribution in [2.24, 2.45) is 0 Å². The van der Waals surface area contributed by atoms with Crippen molar-refractivity contribution in [1.29, 1.82) is 0 Å². The Morgan fingerprint density at radius 2 is 2.14 bits per heavy atom. The molecule has 0 bridgehead atoms. The maximum Gasteiger partial charge on any atom is 0.323 e. The zero-order valence-corrected chi connectivity index (χ0v) is 11.9. The molecule has 1 rings (SSSR count). The van der Waals surface area contributed by atoms with E-state index in [2.05, 4.69) is 4.98 Å². The number of carboxylic acids is 1. The highest BCUT2D eigenvalue weighted by Crippen LogP contribution is 1.99. The molecule has 1 amide bonds. The number of aromatic nitrogens is 2. The zero-order chi connectivity index (χ0) is 16.3. The predicted octanol–water partition coefficient (Wildman–Crippen LogP) is -0.548. The Morgan fingerprint density at radius 1 is 1.52 bits per heavy atom. The number of nitrogens with zero attached hydrogens (tertiary/aromatic N) is 3. The number of ether oxygens (including phenoxy) is 1. The van der Waals surface area contributed by atoms with Gasteiger partial charge in [-0.25, -0.2) is 4.98 Å². The molecule has 1 aromatic rings. The molecule has 9 nitrogen and oxygen atoms in total. The maximum atomic E-state index is 12.0. The van der Waals surface area contributed by atoms with Crippen molar-refractivity contribution < 1.29 is 29.3 Å². The van der Waals surface area contributed by atoms with Gasteiger partial charge in [-0.05, 0) is 6.92 Å². The maximum absolute atomic E-state index is 12.0. The van der Waals surface area contributed by atoms with E-state index in [0.717, 1.165) is 0 Å². The van der Waals surface area contributed by atoms with Gasteiger partial charge >= 0.3 is 5.97 Å². The topological polar surface area (TPSA) is 122 Å². The van der Waals surface area contributed by atoms with Crippen molar-refractivity contribution in [3.63, 3.8) is 0 Å². The van der Waals surface area contributed by atoms with E-state index in [1.807, 2.05) is 0 Å². The Labute approximate surface area is 121 Å². The number of amides is 1. The Balaban J connectivity index is 0.00000122. The van der Waals surface area contributed by atoms with Crippen LogP contribution in [0.15, 0.2) is 12.4 Å². The van der Waals surface area contributed by atoms with Crippen molar-refractivity contribution in [3.8, 4) is 0 Å². The van der Waals surface area contributed by atoms with Crippen molar-refractivity contribution in [2.45, 2.75) is 13.5 Å². The largest absolute Gasteiger partial charge is 0.483 e. The Morgan fingerprint density at radius 3 is 2.57 bits per heavy atom. The van der Waals surface area contributed by atoms with Crippen molar-refractivity contribution in [1.82, 2.24) is 14.5 Å². The number of rotatable bonds is 7. The van der Waals surface area contributed by atoms with Gasteiger partial charge in [0, 0.05) is 26.0 Å². The van der Waals surface area contributed by atoms with Crippen LogP contribution in [0.4, 0.5) is 0 Å². The molecule has 2 N–H and O–H groups in total. The minimum Gasteiger partial charge on any atom is -0.483 e. The third kappa shape index (κ3) is 7.67. The molecule has 0 atom stereocenters. The van der Waals surface area contributed by atoms with Crippen LogP contribution in [0.2, 0.25) is 0 Å². The van der Waals surface area contributed by atoms with E-state index in [1.165, 1.54) is 12.0 Å². The van der Waals surface area contributed by atoms with E-state index in [4.69, 9.17) is 19.7 Å². The van der Waals surface area contributed by atoms with Gasteiger partial charge < -0.3 is 24.4 Å². The van der Waals surface area contributed by atoms with E-state index in [9.17, 15) is 9.59 Å². The quantitative estimate of drug-likeness (QED) is 0.648. The lowest BCUT2D eigenvalue weighted by Crippen LogP contribution is -2.39. The third-order valence-corrected chi connectivity index (χ3v) is 2.47. The standard InChI is InChI=1S/C11H17N3O4.CH2O2/c1-9-12-3-4-13(9)7-10(15)14(5-6-18-2)8-11(16)17;2-1-3/h3-4H,5-8H2,1-2H3,(H,16,17);1H,(H,2,3). The minimum absolute atomic E-state index is 0.0861. The van der Waals surface area contributed by atoms with Gasteiger partial charge in [-0.3, -0.25) is 14.4 Å². The fourth-order valence-corrected chi connectivity index (χ4v) is 1.47. The number of aliphatic carboxylic acids is 1. The molecule has 0 aliphatic carbocycles. The van der Waals surface area contributed by atoms with Gasteiger partial charge in [-0.15, -0.1) is 0 Å². The molecule has 0 saturated heterocycles. The van der Waals surface area contributed by atoms with Crippen molar-refractivity contribution in [2.75, 3.05) is 26.8 Å². The highest BCUT2D eigenvalue weighted by Gasteiger charge is 2.17. The number of hydrogen-bond donors (Lipinski definition) is 2. The van der Waals surface area contributed by atoms with Crippen LogP contribution in [0.3, 0.4) is 0 Å². The van der Waals surface area contributed by atoms with E-state index in [0.29, 0.717) is 12.4 Å². The summed E-state index contributed by atoms with van der Waals surface area (Å²) in [5.41, 5.74) is 0. The predicted molar refractivity (Wildman–Crippen MR) is 71.7 cm³/mol. The highest BCUT2D eigenvalue weighted by atomic mass is 16.5. The number of carboxylic acid groups (broad SMARTS) is 2. The van der Waals surface area contributed by atoms with Gasteiger partial charge in [0.2, 0.25) is 5.91 Å².